The molecule has 0 amide bonds. The lowest BCUT2D eigenvalue weighted by Gasteiger charge is -2.08. The summed E-state index contributed by atoms with van der Waals surface area (Å²) in [6.07, 6.45) is -7.70. The first-order valence-corrected chi connectivity index (χ1v) is 4.75. The van der Waals surface area contributed by atoms with Gasteiger partial charge in [0.25, 0.3) is 0 Å². The fourth-order valence-corrected chi connectivity index (χ4v) is 1.25. The van der Waals surface area contributed by atoms with Gasteiger partial charge in [-0.3, -0.25) is 50.6 Å². The highest BCUT2D eigenvalue weighted by atomic mass is 16.7. The quantitative estimate of drug-likeness (QED) is 0.292. The van der Waals surface area contributed by atoms with Crippen LogP contribution in [0.5, 0.6) is 0 Å². The highest BCUT2D eigenvalue weighted by molar-refractivity contribution is 4.61. The van der Waals surface area contributed by atoms with Crippen LogP contribution in [0.4, 0.5) is 0 Å². The van der Waals surface area contributed by atoms with E-state index in [-0.39, 0.29) is 0 Å². The van der Waals surface area contributed by atoms with Crippen LogP contribution in [0.1, 0.15) is 12.8 Å². The normalized spacial score (nSPS) is 10.8. The summed E-state index contributed by atoms with van der Waals surface area (Å²) in [6.45, 7) is 0. The van der Waals surface area contributed by atoms with Crippen molar-refractivity contribution in [2.24, 2.45) is 0 Å². The molecule has 0 saturated carbocycles. The second-order valence-corrected chi connectivity index (χ2v) is 3.51. The summed E-state index contributed by atoms with van der Waals surface area (Å²) >= 11 is 0. The Labute approximate surface area is 107 Å². The Bertz CT molecular complexity index is 387. The first kappa shape index (κ1) is 17.0. The third kappa shape index (κ3) is 4.70. The molecule has 0 aromatic carbocycles. The fraction of sp³-hybridized carbons (Fsp3) is 1.00. The molecule has 0 radical (unpaired) electrons. The van der Waals surface area contributed by atoms with E-state index >= 15 is 0 Å². The van der Waals surface area contributed by atoms with Gasteiger partial charge in [-0.2, -0.15) is 0 Å². The molecule has 0 aromatic rings. The van der Waals surface area contributed by atoms with Crippen molar-refractivity contribution in [3.05, 3.63) is 50.6 Å². The van der Waals surface area contributed by atoms with Gasteiger partial charge in [-0.15, -0.1) is 0 Å². The molecule has 0 N–H and O–H groups in total. The first-order valence-electron chi connectivity index (χ1n) is 4.75. The van der Waals surface area contributed by atoms with E-state index in [1.165, 1.54) is 0 Å². The molecule has 0 aromatic heterocycles. The van der Waals surface area contributed by atoms with Crippen LogP contribution in [-0.2, 0) is 0 Å². The average Bonchev–Trinajstić information content (AvgIpc) is 2.26. The van der Waals surface area contributed by atoms with E-state index in [4.69, 9.17) is 0 Å². The number of hydrogen-bond acceptors (Lipinski definition) is 10. The molecule has 20 heavy (non-hydrogen) atoms. The van der Waals surface area contributed by atoms with E-state index < -0.39 is 55.8 Å². The van der Waals surface area contributed by atoms with E-state index in [1.54, 1.807) is 0 Å². The summed E-state index contributed by atoms with van der Waals surface area (Å²) in [5, 5.41) is 51.9. The van der Waals surface area contributed by atoms with Crippen LogP contribution in [-0.4, -0.2) is 43.0 Å². The lowest BCUT2D eigenvalue weighted by molar-refractivity contribution is -0.759. The second kappa shape index (κ2) is 6.81. The lowest BCUT2D eigenvalue weighted by atomic mass is 10.1. The third-order valence-corrected chi connectivity index (χ3v) is 2.24. The van der Waals surface area contributed by atoms with Gasteiger partial charge < -0.3 is 0 Å². The second-order valence-electron chi connectivity index (χ2n) is 3.51. The fourth-order valence-electron chi connectivity index (χ4n) is 1.25. The standard InChI is InChI=1S/C5H7N5O10/c11-6(12)3(1-4(7(13)14)8(15)16)2-5(9(17)18)10(19)20/h3-5H,1-2H2. The Kier molecular flexibility index (Phi) is 5.78. The molecule has 0 aliphatic heterocycles. The molecule has 0 bridgehead atoms. The number of nitrogens with zero attached hydrogens (tertiary/aromatic N) is 5. The van der Waals surface area contributed by atoms with Crippen molar-refractivity contribution in [1.82, 2.24) is 0 Å². The SMILES string of the molecule is O=[N+]([O-])C(CC([N+](=O)[O-])[N+](=O)[O-])CC([N+](=O)[O-])[N+](=O)[O-]. The molecule has 0 saturated heterocycles. The predicted octanol–water partition coefficient (Wildman–Crippen LogP) is -0.829. The van der Waals surface area contributed by atoms with Crippen molar-refractivity contribution in [3.8, 4) is 0 Å². The molecular weight excluding hydrogens is 290 g/mol. The maximum atomic E-state index is 10.6. The largest absolute Gasteiger partial charge is 0.457 e. The van der Waals surface area contributed by atoms with Crippen molar-refractivity contribution < 1.29 is 24.6 Å². The number of rotatable bonds is 9. The highest BCUT2D eigenvalue weighted by Crippen LogP contribution is 2.14. The van der Waals surface area contributed by atoms with Crippen molar-refractivity contribution in [3.63, 3.8) is 0 Å². The minimum absolute atomic E-state index is 1.25. The molecule has 0 atom stereocenters. The molecular formula is C5H7N5O10. The minimum Gasteiger partial charge on any atom is -0.264 e. The Balaban J connectivity index is 5.11. The van der Waals surface area contributed by atoms with E-state index in [0.29, 0.717) is 0 Å². The van der Waals surface area contributed by atoms with Gasteiger partial charge in [0.1, 0.15) is 0 Å². The van der Waals surface area contributed by atoms with Crippen LogP contribution < -0.4 is 0 Å². The van der Waals surface area contributed by atoms with Gasteiger partial charge in [0.05, 0.1) is 19.7 Å². The zero-order chi connectivity index (χ0) is 16.0. The van der Waals surface area contributed by atoms with E-state index in [0.717, 1.165) is 0 Å². The summed E-state index contributed by atoms with van der Waals surface area (Å²) in [5.41, 5.74) is 0. The summed E-state index contributed by atoms with van der Waals surface area (Å²) in [7, 11) is 0. The Hall–Kier alpha value is -3.00. The molecule has 112 valence electrons. The zero-order valence-corrected chi connectivity index (χ0v) is 9.46. The van der Waals surface area contributed by atoms with E-state index in [2.05, 4.69) is 0 Å². The van der Waals surface area contributed by atoms with Crippen LogP contribution in [0.3, 0.4) is 0 Å². The molecule has 0 aliphatic rings. The maximum Gasteiger partial charge on any atom is 0.457 e. The summed E-state index contributed by atoms with van der Waals surface area (Å²) in [6, 6.07) is -2.16. The maximum absolute atomic E-state index is 10.6. The Morgan fingerprint density at radius 1 is 0.550 bits per heavy atom. The zero-order valence-electron chi connectivity index (χ0n) is 9.46. The minimum atomic E-state index is -2.57. The Morgan fingerprint density at radius 3 is 0.950 bits per heavy atom. The average molecular weight is 297 g/mol. The summed E-state index contributed by atoms with van der Waals surface area (Å²) in [4.78, 5) is 45.0. The van der Waals surface area contributed by atoms with Crippen LogP contribution in [0, 0.1) is 50.6 Å². The summed E-state index contributed by atoms with van der Waals surface area (Å²) in [5.74, 6) is 0. The highest BCUT2D eigenvalue weighted by Gasteiger charge is 2.47. The van der Waals surface area contributed by atoms with E-state index in [1.807, 2.05) is 0 Å². The van der Waals surface area contributed by atoms with Crippen molar-refractivity contribution in [2.75, 3.05) is 0 Å². The molecule has 0 unspecified atom stereocenters. The molecule has 0 heterocycles. The van der Waals surface area contributed by atoms with Crippen molar-refractivity contribution in [1.29, 1.82) is 0 Å². The lowest BCUT2D eigenvalue weighted by Crippen LogP contribution is -2.40. The van der Waals surface area contributed by atoms with Gasteiger partial charge >= 0.3 is 12.3 Å². The van der Waals surface area contributed by atoms with Crippen LogP contribution >= 0.6 is 0 Å². The number of hydrogen-bond donors (Lipinski definition) is 0. The van der Waals surface area contributed by atoms with Crippen molar-refractivity contribution >= 4 is 0 Å². The molecule has 15 nitrogen and oxygen atoms in total. The predicted molar refractivity (Wildman–Crippen MR) is 55.6 cm³/mol. The van der Waals surface area contributed by atoms with Gasteiger partial charge in [0.15, 0.2) is 12.8 Å². The topological polar surface area (TPSA) is 216 Å². The van der Waals surface area contributed by atoms with Crippen molar-refractivity contribution in [2.45, 2.75) is 31.2 Å². The smallest absolute Gasteiger partial charge is 0.264 e. The summed E-state index contributed by atoms with van der Waals surface area (Å²) < 4.78 is 0. The molecule has 0 aliphatic carbocycles. The molecule has 0 fully saturated rings. The van der Waals surface area contributed by atoms with E-state index in [9.17, 15) is 50.6 Å². The van der Waals surface area contributed by atoms with Gasteiger partial charge in [0, 0.05) is 4.92 Å². The monoisotopic (exact) mass is 297 g/mol. The number of nitro groups is 5. The van der Waals surface area contributed by atoms with Crippen LogP contribution in [0.15, 0.2) is 0 Å². The van der Waals surface area contributed by atoms with Gasteiger partial charge in [-0.05, 0) is 0 Å². The Morgan fingerprint density at radius 2 is 0.800 bits per heavy atom. The van der Waals surface area contributed by atoms with Crippen LogP contribution in [0.25, 0.3) is 0 Å². The van der Waals surface area contributed by atoms with Gasteiger partial charge in [-0.25, -0.2) is 0 Å². The molecule has 0 rings (SSSR count). The molecule has 0 spiro atoms. The van der Waals surface area contributed by atoms with Gasteiger partial charge in [-0.1, -0.05) is 0 Å². The first-order chi connectivity index (χ1) is 9.07. The van der Waals surface area contributed by atoms with Crippen LogP contribution in [0.2, 0.25) is 0 Å². The third-order valence-electron chi connectivity index (χ3n) is 2.24. The van der Waals surface area contributed by atoms with Gasteiger partial charge in [0.2, 0.25) is 6.04 Å². The molecule has 15 heteroatoms.